The second kappa shape index (κ2) is 8.86. The molecule has 1 saturated heterocycles. The van der Waals surface area contributed by atoms with E-state index in [2.05, 4.69) is 36.2 Å². The summed E-state index contributed by atoms with van der Waals surface area (Å²) in [5.41, 5.74) is 3.06. The van der Waals surface area contributed by atoms with Crippen molar-refractivity contribution in [2.75, 3.05) is 38.0 Å². The average Bonchev–Trinajstić information content (AvgIpc) is 2.67. The fraction of sp³-hybridized carbons (Fsp3) is 0.409. The summed E-state index contributed by atoms with van der Waals surface area (Å²) < 4.78 is 0. The molecule has 0 saturated carbocycles. The summed E-state index contributed by atoms with van der Waals surface area (Å²) in [5, 5.41) is 3.39. The monoisotopic (exact) mass is 351 g/mol. The normalized spacial score (nSPS) is 15.3. The van der Waals surface area contributed by atoms with Gasteiger partial charge in [-0.1, -0.05) is 44.2 Å². The number of nitrogens with zero attached hydrogens (tertiary/aromatic N) is 2. The van der Waals surface area contributed by atoms with Crippen molar-refractivity contribution in [3.63, 3.8) is 0 Å². The van der Waals surface area contributed by atoms with Gasteiger partial charge in [0.25, 0.3) is 5.91 Å². The molecule has 1 aliphatic heterocycles. The predicted molar refractivity (Wildman–Crippen MR) is 107 cm³/mol. The number of piperazine rings is 1. The molecule has 0 bridgehead atoms. The molecule has 0 aliphatic carbocycles. The first-order valence-corrected chi connectivity index (χ1v) is 9.51. The number of hydrogen-bond acceptors (Lipinski definition) is 3. The van der Waals surface area contributed by atoms with Crippen LogP contribution in [0.2, 0.25) is 0 Å². The number of hydrogen-bond donors (Lipinski definition) is 1. The van der Waals surface area contributed by atoms with Gasteiger partial charge in [-0.15, -0.1) is 0 Å². The van der Waals surface area contributed by atoms with Gasteiger partial charge in [-0.2, -0.15) is 0 Å². The summed E-state index contributed by atoms with van der Waals surface area (Å²) in [6, 6.07) is 18.1. The number of amides is 1. The molecule has 1 amide bonds. The molecule has 3 rings (SSSR count). The SMILES string of the molecule is CC(C)CN1CCN(C(=O)c2ccc(CNc3ccccc3)cc2)CC1. The van der Waals surface area contributed by atoms with E-state index in [0.717, 1.165) is 50.5 Å². The summed E-state index contributed by atoms with van der Waals surface area (Å²) in [6.07, 6.45) is 0. The first-order chi connectivity index (χ1) is 12.6. The van der Waals surface area contributed by atoms with E-state index in [4.69, 9.17) is 0 Å². The molecule has 26 heavy (non-hydrogen) atoms. The van der Waals surface area contributed by atoms with Crippen LogP contribution in [0.15, 0.2) is 54.6 Å². The van der Waals surface area contributed by atoms with Crippen LogP contribution in [-0.4, -0.2) is 48.4 Å². The summed E-state index contributed by atoms with van der Waals surface area (Å²) in [5.74, 6) is 0.825. The van der Waals surface area contributed by atoms with Crippen molar-refractivity contribution in [1.29, 1.82) is 0 Å². The third-order valence-electron chi connectivity index (χ3n) is 4.75. The van der Waals surface area contributed by atoms with Crippen molar-refractivity contribution in [3.05, 3.63) is 65.7 Å². The van der Waals surface area contributed by atoms with Crippen molar-refractivity contribution in [1.82, 2.24) is 9.80 Å². The third-order valence-corrected chi connectivity index (χ3v) is 4.75. The fourth-order valence-electron chi connectivity index (χ4n) is 3.36. The number of rotatable bonds is 6. The van der Waals surface area contributed by atoms with Crippen molar-refractivity contribution in [2.24, 2.45) is 5.92 Å². The van der Waals surface area contributed by atoms with Gasteiger partial charge in [0.05, 0.1) is 0 Å². The Kier molecular flexibility index (Phi) is 6.29. The number of anilines is 1. The topological polar surface area (TPSA) is 35.6 Å². The van der Waals surface area contributed by atoms with E-state index in [-0.39, 0.29) is 5.91 Å². The molecule has 4 heteroatoms. The summed E-state index contributed by atoms with van der Waals surface area (Å²) in [7, 11) is 0. The minimum Gasteiger partial charge on any atom is -0.381 e. The molecule has 0 aromatic heterocycles. The predicted octanol–water partition coefficient (Wildman–Crippen LogP) is 3.71. The lowest BCUT2D eigenvalue weighted by molar-refractivity contribution is 0.0624. The van der Waals surface area contributed by atoms with E-state index in [1.165, 1.54) is 5.56 Å². The van der Waals surface area contributed by atoms with Crippen LogP contribution in [0.4, 0.5) is 5.69 Å². The standard InChI is InChI=1S/C22H29N3O/c1-18(2)17-24-12-14-25(15-13-24)22(26)20-10-8-19(9-11-20)16-23-21-6-4-3-5-7-21/h3-11,18,23H,12-17H2,1-2H3. The Hall–Kier alpha value is -2.33. The minimum atomic E-state index is 0.150. The molecular weight excluding hydrogens is 322 g/mol. The smallest absolute Gasteiger partial charge is 0.253 e. The van der Waals surface area contributed by atoms with Crippen LogP contribution in [0.1, 0.15) is 29.8 Å². The van der Waals surface area contributed by atoms with Crippen LogP contribution >= 0.6 is 0 Å². The van der Waals surface area contributed by atoms with Crippen LogP contribution in [0.25, 0.3) is 0 Å². The molecule has 0 atom stereocenters. The number of nitrogens with one attached hydrogen (secondary N) is 1. The van der Waals surface area contributed by atoms with Gasteiger partial charge in [0, 0.05) is 50.5 Å². The van der Waals surface area contributed by atoms with Gasteiger partial charge in [0.1, 0.15) is 0 Å². The first kappa shape index (κ1) is 18.5. The van der Waals surface area contributed by atoms with E-state index in [0.29, 0.717) is 5.92 Å². The van der Waals surface area contributed by atoms with Gasteiger partial charge < -0.3 is 10.2 Å². The van der Waals surface area contributed by atoms with Crippen LogP contribution in [0.5, 0.6) is 0 Å². The van der Waals surface area contributed by atoms with E-state index < -0.39 is 0 Å². The second-order valence-electron chi connectivity index (χ2n) is 7.40. The fourth-order valence-corrected chi connectivity index (χ4v) is 3.36. The summed E-state index contributed by atoms with van der Waals surface area (Å²) in [6.45, 7) is 9.95. The molecule has 1 heterocycles. The van der Waals surface area contributed by atoms with E-state index in [1.54, 1.807) is 0 Å². The van der Waals surface area contributed by atoms with Crippen molar-refractivity contribution >= 4 is 11.6 Å². The van der Waals surface area contributed by atoms with Crippen LogP contribution in [-0.2, 0) is 6.54 Å². The van der Waals surface area contributed by atoms with E-state index in [9.17, 15) is 4.79 Å². The van der Waals surface area contributed by atoms with Gasteiger partial charge in [-0.25, -0.2) is 0 Å². The van der Waals surface area contributed by atoms with Gasteiger partial charge in [-0.3, -0.25) is 9.69 Å². The van der Waals surface area contributed by atoms with Gasteiger partial charge in [-0.05, 0) is 35.7 Å². The lowest BCUT2D eigenvalue weighted by Gasteiger charge is -2.35. The third kappa shape index (κ3) is 5.09. The highest BCUT2D eigenvalue weighted by Gasteiger charge is 2.22. The van der Waals surface area contributed by atoms with Crippen molar-refractivity contribution < 1.29 is 4.79 Å². The summed E-state index contributed by atoms with van der Waals surface area (Å²) in [4.78, 5) is 17.1. The lowest BCUT2D eigenvalue weighted by atomic mass is 10.1. The number of para-hydroxylation sites is 1. The summed E-state index contributed by atoms with van der Waals surface area (Å²) >= 11 is 0. The van der Waals surface area contributed by atoms with Crippen molar-refractivity contribution in [2.45, 2.75) is 20.4 Å². The maximum atomic E-state index is 12.7. The Morgan fingerprint density at radius 2 is 1.62 bits per heavy atom. The molecule has 0 unspecified atom stereocenters. The molecule has 0 radical (unpaired) electrons. The first-order valence-electron chi connectivity index (χ1n) is 9.51. The largest absolute Gasteiger partial charge is 0.381 e. The average molecular weight is 351 g/mol. The van der Waals surface area contributed by atoms with Gasteiger partial charge in [0.15, 0.2) is 0 Å². The molecule has 4 nitrogen and oxygen atoms in total. The Morgan fingerprint density at radius 1 is 0.962 bits per heavy atom. The molecule has 138 valence electrons. The molecule has 1 N–H and O–H groups in total. The maximum Gasteiger partial charge on any atom is 0.253 e. The zero-order valence-corrected chi connectivity index (χ0v) is 15.8. The Labute approximate surface area is 156 Å². The van der Waals surface area contributed by atoms with Gasteiger partial charge >= 0.3 is 0 Å². The lowest BCUT2D eigenvalue weighted by Crippen LogP contribution is -2.49. The molecule has 2 aromatic rings. The van der Waals surface area contributed by atoms with Crippen LogP contribution in [0.3, 0.4) is 0 Å². The highest BCUT2D eigenvalue weighted by atomic mass is 16.2. The second-order valence-corrected chi connectivity index (χ2v) is 7.40. The zero-order valence-electron chi connectivity index (χ0n) is 15.8. The molecule has 0 spiro atoms. The van der Waals surface area contributed by atoms with Crippen molar-refractivity contribution in [3.8, 4) is 0 Å². The van der Waals surface area contributed by atoms with Crippen LogP contribution in [0, 0.1) is 5.92 Å². The molecule has 1 fully saturated rings. The molecule has 2 aromatic carbocycles. The Balaban J connectivity index is 1.51. The maximum absolute atomic E-state index is 12.7. The quantitative estimate of drug-likeness (QED) is 0.862. The number of benzene rings is 2. The highest BCUT2D eigenvalue weighted by molar-refractivity contribution is 5.94. The Bertz CT molecular complexity index is 689. The van der Waals surface area contributed by atoms with E-state index in [1.807, 2.05) is 47.4 Å². The zero-order chi connectivity index (χ0) is 18.4. The number of carbonyl (C=O) groups is 1. The molecule has 1 aliphatic rings. The van der Waals surface area contributed by atoms with Crippen LogP contribution < -0.4 is 5.32 Å². The van der Waals surface area contributed by atoms with E-state index >= 15 is 0 Å². The Morgan fingerprint density at radius 3 is 2.23 bits per heavy atom. The number of carbonyl (C=O) groups excluding carboxylic acids is 1. The minimum absolute atomic E-state index is 0.150. The highest BCUT2D eigenvalue weighted by Crippen LogP contribution is 2.13. The molecular formula is C22H29N3O. The van der Waals surface area contributed by atoms with Gasteiger partial charge in [0.2, 0.25) is 0 Å².